The van der Waals surface area contributed by atoms with Gasteiger partial charge in [-0.1, -0.05) is 12.1 Å². The number of benzene rings is 2. The van der Waals surface area contributed by atoms with Crippen LogP contribution in [0.5, 0.6) is 0 Å². The Bertz CT molecular complexity index is 893. The second-order valence-corrected chi connectivity index (χ2v) is 6.69. The molecule has 2 rings (SSSR count). The van der Waals surface area contributed by atoms with Crippen LogP contribution in [0.25, 0.3) is 0 Å². The second kappa shape index (κ2) is 9.84. The number of hydrogen-bond acceptors (Lipinski definition) is 4. The van der Waals surface area contributed by atoms with E-state index in [2.05, 4.69) is 0 Å². The van der Waals surface area contributed by atoms with Crippen molar-refractivity contribution < 1.29 is 55.2 Å². The van der Waals surface area contributed by atoms with Gasteiger partial charge >= 0.3 is 18.3 Å². The van der Waals surface area contributed by atoms with Gasteiger partial charge in [0.15, 0.2) is 6.29 Å². The van der Waals surface area contributed by atoms with Gasteiger partial charge in [0.05, 0.1) is 17.2 Å². The van der Waals surface area contributed by atoms with Crippen LogP contribution >= 0.6 is 0 Å². The van der Waals surface area contributed by atoms with E-state index < -0.39 is 65.9 Å². The number of carboxylic acids is 1. The van der Waals surface area contributed by atoms with Gasteiger partial charge in [-0.3, -0.25) is 0 Å². The zero-order valence-electron chi connectivity index (χ0n) is 16.2. The fourth-order valence-electron chi connectivity index (χ4n) is 2.67. The summed E-state index contributed by atoms with van der Waals surface area (Å²) in [5.41, 5.74) is -3.67. The molecule has 0 aliphatic carbocycles. The molecule has 2 aromatic rings. The summed E-state index contributed by atoms with van der Waals surface area (Å²) in [5, 5.41) is 19.2. The van der Waals surface area contributed by atoms with Crippen molar-refractivity contribution in [2.24, 2.45) is 0 Å². The lowest BCUT2D eigenvalue weighted by molar-refractivity contribution is -0.220. The number of halogens is 7. The molecule has 0 spiro atoms. The quantitative estimate of drug-likeness (QED) is 0.415. The van der Waals surface area contributed by atoms with E-state index in [1.807, 2.05) is 0 Å². The molecule has 3 unspecified atom stereocenters. The average Bonchev–Trinajstić information content (AvgIpc) is 2.69. The van der Waals surface area contributed by atoms with Gasteiger partial charge in [0.2, 0.25) is 0 Å². The van der Waals surface area contributed by atoms with Crippen molar-refractivity contribution in [1.82, 2.24) is 0 Å². The minimum atomic E-state index is -5.08. The van der Waals surface area contributed by atoms with Crippen LogP contribution in [0, 0.1) is 5.82 Å². The maximum Gasteiger partial charge on any atom is 0.416 e. The maximum atomic E-state index is 13.1. The molecule has 0 fully saturated rings. The smallest absolute Gasteiger partial charge is 0.416 e. The van der Waals surface area contributed by atoms with Crippen LogP contribution in [0.4, 0.5) is 30.7 Å². The molecular weight excluding hydrogens is 453 g/mol. The monoisotopic (exact) mass is 470 g/mol. The van der Waals surface area contributed by atoms with Crippen LogP contribution in [-0.2, 0) is 26.6 Å². The van der Waals surface area contributed by atoms with Crippen molar-refractivity contribution in [1.29, 1.82) is 0 Å². The van der Waals surface area contributed by atoms with Crippen LogP contribution in [0.3, 0.4) is 0 Å². The van der Waals surface area contributed by atoms with Gasteiger partial charge in [0.25, 0.3) is 0 Å². The molecule has 0 bridgehead atoms. The normalized spacial score (nSPS) is 15.3. The first-order valence-corrected chi connectivity index (χ1v) is 8.90. The van der Waals surface area contributed by atoms with Crippen LogP contribution in [0.15, 0.2) is 42.5 Å². The molecule has 0 radical (unpaired) electrons. The Morgan fingerprint density at radius 3 is 1.88 bits per heavy atom. The van der Waals surface area contributed by atoms with Gasteiger partial charge in [-0.05, 0) is 48.4 Å². The molecule has 0 aliphatic heterocycles. The van der Waals surface area contributed by atoms with E-state index in [9.17, 15) is 40.6 Å². The largest absolute Gasteiger partial charge is 0.480 e. The molecule has 32 heavy (non-hydrogen) atoms. The Morgan fingerprint density at radius 2 is 1.44 bits per heavy atom. The number of hydrogen-bond donors (Lipinski definition) is 2. The third kappa shape index (κ3) is 6.90. The van der Waals surface area contributed by atoms with Gasteiger partial charge in [0.1, 0.15) is 18.5 Å². The molecule has 2 aromatic carbocycles. The summed E-state index contributed by atoms with van der Waals surface area (Å²) in [7, 11) is 0. The minimum absolute atomic E-state index is 0.00834. The van der Waals surface area contributed by atoms with Crippen LogP contribution in [-0.4, -0.2) is 29.1 Å². The lowest BCUT2D eigenvalue weighted by Gasteiger charge is -2.27. The number of alkyl halides is 6. The highest BCUT2D eigenvalue weighted by atomic mass is 19.4. The number of rotatable bonds is 8. The van der Waals surface area contributed by atoms with E-state index in [-0.39, 0.29) is 11.6 Å². The number of aliphatic carboxylic acids is 1. The summed E-state index contributed by atoms with van der Waals surface area (Å²) in [6, 6.07) is 5.02. The summed E-state index contributed by atoms with van der Waals surface area (Å²) in [6.07, 6.45) is -15.2. The molecule has 5 nitrogen and oxygen atoms in total. The number of ether oxygens (including phenoxy) is 2. The Labute approximate surface area is 177 Å². The van der Waals surface area contributed by atoms with Gasteiger partial charge in [-0.2, -0.15) is 26.3 Å². The summed E-state index contributed by atoms with van der Waals surface area (Å²) >= 11 is 0. The minimum Gasteiger partial charge on any atom is -0.480 e. The van der Waals surface area contributed by atoms with Gasteiger partial charge in [-0.25, -0.2) is 9.18 Å². The van der Waals surface area contributed by atoms with E-state index >= 15 is 0 Å². The molecule has 2 N–H and O–H groups in total. The molecular formula is C20H17F7O5. The number of carboxylic acid groups (broad SMARTS) is 1. The second-order valence-electron chi connectivity index (χ2n) is 6.69. The predicted octanol–water partition coefficient (Wildman–Crippen LogP) is 5.10. The van der Waals surface area contributed by atoms with Gasteiger partial charge in [0, 0.05) is 0 Å². The SMILES string of the molecule is CC(OC(OCC(=O)O)C(O)c1ccc(F)cc1)c1cc(C(F)(F)F)cc(C(F)(F)F)c1. The fourth-order valence-corrected chi connectivity index (χ4v) is 2.67. The fraction of sp³-hybridized carbons (Fsp3) is 0.350. The molecule has 0 heterocycles. The van der Waals surface area contributed by atoms with Gasteiger partial charge < -0.3 is 19.7 Å². The Balaban J connectivity index is 2.38. The molecule has 176 valence electrons. The first-order chi connectivity index (χ1) is 14.7. The zero-order chi connectivity index (χ0) is 24.3. The van der Waals surface area contributed by atoms with Crippen molar-refractivity contribution >= 4 is 5.97 Å². The Hall–Kier alpha value is -2.70. The van der Waals surface area contributed by atoms with Crippen molar-refractivity contribution in [3.8, 4) is 0 Å². The van der Waals surface area contributed by atoms with Crippen molar-refractivity contribution in [2.75, 3.05) is 6.61 Å². The molecule has 12 heteroatoms. The summed E-state index contributed by atoms with van der Waals surface area (Å²) in [6.45, 7) is 0.107. The van der Waals surface area contributed by atoms with E-state index in [0.717, 1.165) is 31.2 Å². The highest BCUT2D eigenvalue weighted by molar-refractivity contribution is 5.68. The van der Waals surface area contributed by atoms with E-state index in [0.29, 0.717) is 12.1 Å². The Morgan fingerprint density at radius 1 is 0.938 bits per heavy atom. The summed E-state index contributed by atoms with van der Waals surface area (Å²) in [4.78, 5) is 10.8. The van der Waals surface area contributed by atoms with Crippen molar-refractivity contribution in [2.45, 2.75) is 37.8 Å². The highest BCUT2D eigenvalue weighted by Crippen LogP contribution is 2.38. The van der Waals surface area contributed by atoms with Crippen LogP contribution < -0.4 is 0 Å². The van der Waals surface area contributed by atoms with E-state index in [1.165, 1.54) is 0 Å². The standard InChI is InChI=1S/C20H17F7O5/c1-10(12-6-13(19(22,23)24)8-14(7-12)20(25,26)27)32-18(31-9-16(28)29)17(30)11-2-4-15(21)5-3-11/h2-8,10,17-18,30H,9H2,1H3,(H,28,29). The lowest BCUT2D eigenvalue weighted by atomic mass is 10.0. The molecule has 0 aromatic heterocycles. The molecule has 0 amide bonds. The highest BCUT2D eigenvalue weighted by Gasteiger charge is 2.38. The average molecular weight is 470 g/mol. The predicted molar refractivity (Wildman–Crippen MR) is 94.7 cm³/mol. The van der Waals surface area contributed by atoms with Crippen molar-refractivity contribution in [3.63, 3.8) is 0 Å². The number of carbonyl (C=O) groups is 1. The summed E-state index contributed by atoms with van der Waals surface area (Å²) in [5.74, 6) is -2.13. The summed E-state index contributed by atoms with van der Waals surface area (Å²) < 4.78 is 102. The van der Waals surface area contributed by atoms with Gasteiger partial charge in [-0.15, -0.1) is 0 Å². The maximum absolute atomic E-state index is 13.1. The molecule has 0 aliphatic rings. The van der Waals surface area contributed by atoms with E-state index in [4.69, 9.17) is 14.6 Å². The topological polar surface area (TPSA) is 76.0 Å². The molecule has 0 saturated heterocycles. The number of aliphatic hydroxyl groups excluding tert-OH is 1. The first kappa shape index (κ1) is 25.6. The number of aliphatic hydroxyl groups is 1. The van der Waals surface area contributed by atoms with Crippen LogP contribution in [0.1, 0.15) is 41.4 Å². The molecule has 0 saturated carbocycles. The lowest BCUT2D eigenvalue weighted by Crippen LogP contribution is -2.29. The van der Waals surface area contributed by atoms with Crippen LogP contribution in [0.2, 0.25) is 0 Å². The van der Waals surface area contributed by atoms with E-state index in [1.54, 1.807) is 0 Å². The first-order valence-electron chi connectivity index (χ1n) is 8.90. The van der Waals surface area contributed by atoms with Crippen molar-refractivity contribution in [3.05, 3.63) is 70.5 Å². The third-order valence-corrected chi connectivity index (χ3v) is 4.26. The molecule has 3 atom stereocenters. The third-order valence-electron chi connectivity index (χ3n) is 4.26. The zero-order valence-corrected chi connectivity index (χ0v) is 16.2. The Kier molecular flexibility index (Phi) is 7.86.